The average molecular weight is 303 g/mol. The molecule has 0 radical (unpaired) electrons. The van der Waals surface area contributed by atoms with E-state index < -0.39 is 5.97 Å². The smallest absolute Gasteiger partial charge is 0.338 e. The first-order valence-corrected chi connectivity index (χ1v) is 7.34. The lowest BCUT2D eigenvalue weighted by molar-refractivity contribution is 0.0601. The van der Waals surface area contributed by atoms with Crippen LogP contribution in [0, 0.1) is 0 Å². The highest BCUT2D eigenvalue weighted by Crippen LogP contribution is 2.37. The Kier molecular flexibility index (Phi) is 4.11. The summed E-state index contributed by atoms with van der Waals surface area (Å²) in [5.41, 5.74) is 11.0. The Hall–Kier alpha value is -3.07. The molecule has 0 aliphatic carbocycles. The van der Waals surface area contributed by atoms with E-state index in [1.54, 1.807) is 6.07 Å². The van der Waals surface area contributed by atoms with E-state index in [0.717, 1.165) is 16.7 Å². The molecular formula is C20H17NO2. The average Bonchev–Trinajstić information content (AvgIpc) is 2.62. The Morgan fingerprint density at radius 2 is 1.39 bits per heavy atom. The normalized spacial score (nSPS) is 10.3. The van der Waals surface area contributed by atoms with Gasteiger partial charge in [0.25, 0.3) is 0 Å². The van der Waals surface area contributed by atoms with Crippen LogP contribution in [0.25, 0.3) is 22.3 Å². The van der Waals surface area contributed by atoms with Crippen molar-refractivity contribution in [1.82, 2.24) is 0 Å². The highest BCUT2D eigenvalue weighted by atomic mass is 16.5. The number of ether oxygens (including phenoxy) is 1. The molecule has 3 aromatic rings. The van der Waals surface area contributed by atoms with E-state index >= 15 is 0 Å². The summed E-state index contributed by atoms with van der Waals surface area (Å²) in [7, 11) is 1.37. The minimum atomic E-state index is -0.393. The zero-order chi connectivity index (χ0) is 16.2. The van der Waals surface area contributed by atoms with E-state index in [0.29, 0.717) is 16.8 Å². The fourth-order valence-corrected chi connectivity index (χ4v) is 2.68. The molecule has 3 aromatic carbocycles. The highest BCUT2D eigenvalue weighted by molar-refractivity contribution is 6.04. The Morgan fingerprint density at radius 3 is 1.96 bits per heavy atom. The highest BCUT2D eigenvalue weighted by Gasteiger charge is 2.19. The number of hydrogen-bond donors (Lipinski definition) is 1. The number of hydrogen-bond acceptors (Lipinski definition) is 3. The first-order valence-electron chi connectivity index (χ1n) is 7.34. The fraction of sp³-hybridized carbons (Fsp3) is 0.0500. The Morgan fingerprint density at radius 1 is 0.826 bits per heavy atom. The van der Waals surface area contributed by atoms with Crippen LogP contribution in [0.4, 0.5) is 5.69 Å². The first-order chi connectivity index (χ1) is 11.2. The molecule has 0 fully saturated rings. The van der Waals surface area contributed by atoms with Gasteiger partial charge in [-0.1, -0.05) is 66.7 Å². The van der Waals surface area contributed by atoms with Crippen LogP contribution >= 0.6 is 0 Å². The number of nitrogens with two attached hydrogens (primary N) is 1. The molecule has 3 heteroatoms. The molecule has 0 amide bonds. The van der Waals surface area contributed by atoms with Crippen LogP contribution in [0.2, 0.25) is 0 Å². The van der Waals surface area contributed by atoms with Crippen molar-refractivity contribution in [3.8, 4) is 22.3 Å². The quantitative estimate of drug-likeness (QED) is 0.576. The molecule has 0 spiro atoms. The number of nitrogen functional groups attached to an aromatic ring is 1. The lowest BCUT2D eigenvalue weighted by Crippen LogP contribution is -2.07. The molecule has 0 bridgehead atoms. The SMILES string of the molecule is COC(=O)c1ccc(-c2ccccc2)c(N)c1-c1ccccc1. The molecule has 0 atom stereocenters. The monoisotopic (exact) mass is 303 g/mol. The molecule has 0 aliphatic heterocycles. The second-order valence-corrected chi connectivity index (χ2v) is 5.17. The maximum absolute atomic E-state index is 12.1. The number of carbonyl (C=O) groups is 1. The predicted molar refractivity (Wildman–Crippen MR) is 93.1 cm³/mol. The predicted octanol–water partition coefficient (Wildman–Crippen LogP) is 4.39. The van der Waals surface area contributed by atoms with Crippen molar-refractivity contribution in [2.45, 2.75) is 0 Å². The molecule has 0 saturated heterocycles. The van der Waals surface area contributed by atoms with Gasteiger partial charge in [-0.05, 0) is 17.2 Å². The first kappa shape index (κ1) is 14.9. The number of carbonyl (C=O) groups excluding carboxylic acids is 1. The third kappa shape index (κ3) is 2.81. The van der Waals surface area contributed by atoms with Gasteiger partial charge in [0.1, 0.15) is 0 Å². The number of methoxy groups -OCH3 is 1. The van der Waals surface area contributed by atoms with E-state index in [4.69, 9.17) is 10.5 Å². The van der Waals surface area contributed by atoms with Gasteiger partial charge in [0.15, 0.2) is 0 Å². The lowest BCUT2D eigenvalue weighted by atomic mass is 9.92. The third-order valence-electron chi connectivity index (χ3n) is 3.80. The summed E-state index contributed by atoms with van der Waals surface area (Å²) in [5, 5.41) is 0. The maximum Gasteiger partial charge on any atom is 0.338 e. The van der Waals surface area contributed by atoms with Crippen molar-refractivity contribution in [2.75, 3.05) is 12.8 Å². The summed E-state index contributed by atoms with van der Waals surface area (Å²) in [5.74, 6) is -0.393. The van der Waals surface area contributed by atoms with E-state index in [2.05, 4.69) is 0 Å². The van der Waals surface area contributed by atoms with Gasteiger partial charge in [-0.3, -0.25) is 0 Å². The van der Waals surface area contributed by atoms with Gasteiger partial charge in [-0.25, -0.2) is 4.79 Å². The van der Waals surface area contributed by atoms with Gasteiger partial charge >= 0.3 is 5.97 Å². The van der Waals surface area contributed by atoms with Crippen molar-refractivity contribution in [2.24, 2.45) is 0 Å². The molecule has 0 heterocycles. The van der Waals surface area contributed by atoms with E-state index in [1.165, 1.54) is 7.11 Å². The summed E-state index contributed by atoms with van der Waals surface area (Å²) in [6, 6.07) is 23.2. The Labute approximate surface area is 135 Å². The van der Waals surface area contributed by atoms with Crippen LogP contribution < -0.4 is 5.73 Å². The van der Waals surface area contributed by atoms with Crippen molar-refractivity contribution in [1.29, 1.82) is 0 Å². The molecule has 0 saturated carbocycles. The van der Waals surface area contributed by atoms with Crippen LogP contribution in [-0.4, -0.2) is 13.1 Å². The second kappa shape index (κ2) is 6.36. The number of benzene rings is 3. The summed E-state index contributed by atoms with van der Waals surface area (Å²) in [4.78, 5) is 12.1. The van der Waals surface area contributed by atoms with Crippen molar-refractivity contribution in [3.63, 3.8) is 0 Å². The van der Waals surface area contributed by atoms with Gasteiger partial charge < -0.3 is 10.5 Å². The number of esters is 1. The number of rotatable bonds is 3. The second-order valence-electron chi connectivity index (χ2n) is 5.17. The van der Waals surface area contributed by atoms with E-state index in [-0.39, 0.29) is 0 Å². The lowest BCUT2D eigenvalue weighted by Gasteiger charge is -2.15. The minimum absolute atomic E-state index is 0.393. The van der Waals surface area contributed by atoms with Crippen molar-refractivity contribution < 1.29 is 9.53 Å². The van der Waals surface area contributed by atoms with Gasteiger partial charge in [-0.15, -0.1) is 0 Å². The molecule has 0 aromatic heterocycles. The summed E-state index contributed by atoms with van der Waals surface area (Å²) in [6.07, 6.45) is 0. The fourth-order valence-electron chi connectivity index (χ4n) is 2.68. The van der Waals surface area contributed by atoms with E-state index in [1.807, 2.05) is 66.7 Å². The van der Waals surface area contributed by atoms with Gasteiger partial charge in [0.2, 0.25) is 0 Å². The van der Waals surface area contributed by atoms with Gasteiger partial charge in [-0.2, -0.15) is 0 Å². The van der Waals surface area contributed by atoms with Crippen molar-refractivity contribution >= 4 is 11.7 Å². The molecule has 3 rings (SSSR count). The van der Waals surface area contributed by atoms with Gasteiger partial charge in [0.05, 0.1) is 12.7 Å². The largest absolute Gasteiger partial charge is 0.465 e. The van der Waals surface area contributed by atoms with Crippen LogP contribution in [0.3, 0.4) is 0 Å². The van der Waals surface area contributed by atoms with Crippen LogP contribution in [0.1, 0.15) is 10.4 Å². The Balaban J connectivity index is 2.27. The third-order valence-corrected chi connectivity index (χ3v) is 3.80. The molecule has 23 heavy (non-hydrogen) atoms. The van der Waals surface area contributed by atoms with Crippen molar-refractivity contribution in [3.05, 3.63) is 78.4 Å². The summed E-state index contributed by atoms with van der Waals surface area (Å²) in [6.45, 7) is 0. The maximum atomic E-state index is 12.1. The van der Waals surface area contributed by atoms with E-state index in [9.17, 15) is 4.79 Å². The molecular weight excluding hydrogens is 286 g/mol. The molecule has 2 N–H and O–H groups in total. The number of anilines is 1. The van der Waals surface area contributed by atoms with Gasteiger partial charge in [0, 0.05) is 16.8 Å². The standard InChI is InChI=1S/C20H17NO2/c1-23-20(22)17-13-12-16(14-8-4-2-5-9-14)19(21)18(17)15-10-6-3-7-11-15/h2-13H,21H2,1H3. The topological polar surface area (TPSA) is 52.3 Å². The van der Waals surface area contributed by atoms with Crippen LogP contribution in [0.5, 0.6) is 0 Å². The minimum Gasteiger partial charge on any atom is -0.465 e. The van der Waals surface area contributed by atoms with Crippen LogP contribution in [0.15, 0.2) is 72.8 Å². The summed E-state index contributed by atoms with van der Waals surface area (Å²) >= 11 is 0. The molecule has 0 aliphatic rings. The Bertz CT molecular complexity index is 827. The van der Waals surface area contributed by atoms with Crippen LogP contribution in [-0.2, 0) is 4.74 Å². The summed E-state index contributed by atoms with van der Waals surface area (Å²) < 4.78 is 4.90. The zero-order valence-electron chi connectivity index (χ0n) is 12.8. The molecule has 0 unspecified atom stereocenters. The zero-order valence-corrected chi connectivity index (χ0v) is 12.8. The molecule has 114 valence electrons. The molecule has 3 nitrogen and oxygen atoms in total.